The lowest BCUT2D eigenvalue weighted by Gasteiger charge is -2.36. The molecule has 0 aromatic carbocycles. The van der Waals surface area contributed by atoms with Gasteiger partial charge in [0.1, 0.15) is 5.65 Å². The summed E-state index contributed by atoms with van der Waals surface area (Å²) in [6.07, 6.45) is 4.73. The van der Waals surface area contributed by atoms with Crippen molar-refractivity contribution >= 4 is 28.9 Å². The van der Waals surface area contributed by atoms with E-state index in [1.165, 1.54) is 0 Å². The Kier molecular flexibility index (Phi) is 4.19. The van der Waals surface area contributed by atoms with E-state index in [1.807, 2.05) is 19.9 Å². The van der Waals surface area contributed by atoms with Crippen molar-refractivity contribution in [2.75, 3.05) is 13.1 Å². The number of rotatable bonds is 3. The first-order chi connectivity index (χ1) is 12.9. The number of carboxylic acids is 1. The first kappa shape index (κ1) is 17.3. The molecule has 2 aromatic rings. The van der Waals surface area contributed by atoms with E-state index in [2.05, 4.69) is 9.97 Å². The molecule has 1 fully saturated rings. The second kappa shape index (κ2) is 6.55. The van der Waals surface area contributed by atoms with Crippen LogP contribution in [0.4, 0.5) is 0 Å². The Labute approximate surface area is 155 Å². The number of aromatic amines is 1. The number of ketones is 1. The van der Waals surface area contributed by atoms with E-state index >= 15 is 0 Å². The van der Waals surface area contributed by atoms with Crippen molar-refractivity contribution < 1.29 is 24.2 Å². The van der Waals surface area contributed by atoms with Crippen LogP contribution in [0.5, 0.6) is 0 Å². The number of H-pyrrole nitrogens is 1. The van der Waals surface area contributed by atoms with Crippen LogP contribution in [0.1, 0.15) is 19.4 Å². The lowest BCUT2D eigenvalue weighted by molar-refractivity contribution is -0.134. The Morgan fingerprint density at radius 2 is 2.11 bits per heavy atom. The smallest absolute Gasteiger partial charge is 0.345 e. The van der Waals surface area contributed by atoms with E-state index in [1.54, 1.807) is 29.4 Å². The largest absolute Gasteiger partial charge is 0.477 e. The van der Waals surface area contributed by atoms with Crippen LogP contribution in [0, 0.1) is 0 Å². The Balaban J connectivity index is 1.70. The Bertz CT molecular complexity index is 980. The summed E-state index contributed by atoms with van der Waals surface area (Å²) in [6.45, 7) is 4.70. The molecule has 0 radical (unpaired) electrons. The van der Waals surface area contributed by atoms with Gasteiger partial charge in [0.25, 0.3) is 0 Å². The molecule has 4 heterocycles. The summed E-state index contributed by atoms with van der Waals surface area (Å²) in [5.74, 6) is -1.87. The molecule has 2 aromatic heterocycles. The lowest BCUT2D eigenvalue weighted by Crippen LogP contribution is -2.45. The molecule has 27 heavy (non-hydrogen) atoms. The van der Waals surface area contributed by atoms with Gasteiger partial charge >= 0.3 is 5.97 Å². The van der Waals surface area contributed by atoms with Crippen LogP contribution in [-0.4, -0.2) is 57.0 Å². The van der Waals surface area contributed by atoms with Crippen LogP contribution >= 0.6 is 0 Å². The molecular weight excluding hydrogens is 350 g/mol. The molecule has 0 spiro atoms. The number of nitrogens with one attached hydrogen (secondary N) is 1. The molecule has 2 N–H and O–H groups in total. The molecule has 0 amide bonds. The topological polar surface area (TPSA) is 105 Å². The van der Waals surface area contributed by atoms with Gasteiger partial charge in [-0.15, -0.1) is 0 Å². The van der Waals surface area contributed by atoms with Crippen molar-refractivity contribution in [2.45, 2.75) is 26.1 Å². The number of allylic oxidation sites excluding steroid dienone is 1. The highest BCUT2D eigenvalue weighted by molar-refractivity contribution is 6.26. The van der Waals surface area contributed by atoms with Gasteiger partial charge in [0.2, 0.25) is 11.7 Å². The predicted octanol–water partition coefficient (Wildman–Crippen LogP) is 1.91. The van der Waals surface area contributed by atoms with Gasteiger partial charge in [-0.25, -0.2) is 9.78 Å². The van der Waals surface area contributed by atoms with Crippen molar-refractivity contribution in [3.63, 3.8) is 0 Å². The molecular formula is C19H19N3O5. The van der Waals surface area contributed by atoms with Crippen LogP contribution in [0.3, 0.4) is 0 Å². The quantitative estimate of drug-likeness (QED) is 0.629. The van der Waals surface area contributed by atoms with E-state index in [-0.39, 0.29) is 29.4 Å². The minimum atomic E-state index is -1.30. The number of carboxylic acid groups (broad SMARTS) is 1. The van der Waals surface area contributed by atoms with Crippen LogP contribution < -0.4 is 0 Å². The number of carbonyl (C=O) groups is 2. The third-order valence-corrected chi connectivity index (χ3v) is 4.56. The average Bonchev–Trinajstić information content (AvgIpc) is 3.16. The maximum Gasteiger partial charge on any atom is 0.345 e. The first-order valence-electron chi connectivity index (χ1n) is 8.68. The molecule has 1 saturated heterocycles. The number of pyridine rings is 1. The van der Waals surface area contributed by atoms with E-state index in [0.29, 0.717) is 24.3 Å². The number of Topliss-reactive ketones (excluding diaryl/α,β-unsaturated/α-hetero) is 1. The Morgan fingerprint density at radius 3 is 2.81 bits per heavy atom. The monoisotopic (exact) mass is 369 g/mol. The summed E-state index contributed by atoms with van der Waals surface area (Å²) in [7, 11) is 0. The summed E-state index contributed by atoms with van der Waals surface area (Å²) >= 11 is 0. The highest BCUT2D eigenvalue weighted by Crippen LogP contribution is 2.32. The third kappa shape index (κ3) is 3.08. The van der Waals surface area contributed by atoms with Crippen LogP contribution in [0.15, 0.2) is 41.7 Å². The fourth-order valence-corrected chi connectivity index (χ4v) is 3.51. The normalized spacial score (nSPS) is 24.7. The standard InChI is InChI=1S/C19H19N3O5/c1-10-8-22(9-11(2)26-10)18-15(19(24)25)16(23)14(27-18)6-12-7-21-17-13(12)4-3-5-20-17/h3-7,10-11H,8-9H2,1-2H3,(H,20,21)(H,24,25)/t10-,11+. The van der Waals surface area contributed by atoms with Gasteiger partial charge in [-0.05, 0) is 32.1 Å². The molecule has 8 nitrogen and oxygen atoms in total. The zero-order chi connectivity index (χ0) is 19.1. The minimum Gasteiger partial charge on any atom is -0.477 e. The Morgan fingerprint density at radius 1 is 1.37 bits per heavy atom. The summed E-state index contributed by atoms with van der Waals surface area (Å²) < 4.78 is 11.4. The van der Waals surface area contributed by atoms with E-state index < -0.39 is 11.8 Å². The zero-order valence-corrected chi connectivity index (χ0v) is 14.9. The van der Waals surface area contributed by atoms with E-state index in [4.69, 9.17) is 9.47 Å². The number of morpholine rings is 1. The molecule has 2 aliphatic rings. The van der Waals surface area contributed by atoms with E-state index in [0.717, 1.165) is 5.39 Å². The maximum absolute atomic E-state index is 12.7. The van der Waals surface area contributed by atoms with Crippen molar-refractivity contribution in [2.24, 2.45) is 0 Å². The molecule has 8 heteroatoms. The van der Waals surface area contributed by atoms with Gasteiger partial charge in [-0.1, -0.05) is 0 Å². The van der Waals surface area contributed by atoms with Crippen LogP contribution in [0.2, 0.25) is 0 Å². The van der Waals surface area contributed by atoms with Crippen molar-refractivity contribution in [3.8, 4) is 0 Å². The van der Waals surface area contributed by atoms with Gasteiger partial charge < -0.3 is 24.5 Å². The number of hydrogen-bond acceptors (Lipinski definition) is 6. The van der Waals surface area contributed by atoms with Gasteiger partial charge in [0.15, 0.2) is 11.3 Å². The fourth-order valence-electron chi connectivity index (χ4n) is 3.51. The second-order valence-electron chi connectivity index (χ2n) is 6.73. The van der Waals surface area contributed by atoms with Crippen molar-refractivity contribution in [1.82, 2.24) is 14.9 Å². The van der Waals surface area contributed by atoms with Crippen LogP contribution in [0.25, 0.3) is 17.1 Å². The molecule has 0 saturated carbocycles. The molecule has 2 aliphatic heterocycles. The summed E-state index contributed by atoms with van der Waals surface area (Å²) in [5.41, 5.74) is 1.04. The number of ether oxygens (including phenoxy) is 2. The van der Waals surface area contributed by atoms with Gasteiger partial charge in [0, 0.05) is 36.4 Å². The number of hydrogen-bond donors (Lipinski definition) is 2. The molecule has 4 rings (SSSR count). The average molecular weight is 369 g/mol. The van der Waals surface area contributed by atoms with Crippen molar-refractivity contribution in [3.05, 3.63) is 47.3 Å². The highest BCUT2D eigenvalue weighted by atomic mass is 16.5. The molecule has 2 atom stereocenters. The molecule has 0 unspecified atom stereocenters. The summed E-state index contributed by atoms with van der Waals surface area (Å²) in [5, 5.41) is 10.4. The number of nitrogens with zero attached hydrogens (tertiary/aromatic N) is 2. The Hall–Kier alpha value is -3.13. The van der Waals surface area contributed by atoms with Crippen LogP contribution in [-0.2, 0) is 19.1 Å². The number of carbonyl (C=O) groups excluding carboxylic acids is 1. The number of fused-ring (bicyclic) bond motifs is 1. The van der Waals surface area contributed by atoms with Gasteiger partial charge in [-0.3, -0.25) is 4.79 Å². The lowest BCUT2D eigenvalue weighted by atomic mass is 10.1. The fraction of sp³-hybridized carbons (Fsp3) is 0.316. The predicted molar refractivity (Wildman–Crippen MR) is 96.4 cm³/mol. The SMILES string of the molecule is C[C@@H]1CN(C2=C(C(=O)O)C(=O)C(=Cc3c[nH]c4ncccc34)O2)C[C@H](C)O1. The molecule has 0 aliphatic carbocycles. The zero-order valence-electron chi connectivity index (χ0n) is 14.9. The van der Waals surface area contributed by atoms with Gasteiger partial charge in [0.05, 0.1) is 12.2 Å². The number of aliphatic carboxylic acids is 1. The molecule has 0 bridgehead atoms. The third-order valence-electron chi connectivity index (χ3n) is 4.56. The van der Waals surface area contributed by atoms with E-state index in [9.17, 15) is 14.7 Å². The highest BCUT2D eigenvalue weighted by Gasteiger charge is 2.40. The summed E-state index contributed by atoms with van der Waals surface area (Å²) in [6, 6.07) is 3.65. The first-order valence-corrected chi connectivity index (χ1v) is 8.68. The summed E-state index contributed by atoms with van der Waals surface area (Å²) in [4.78, 5) is 33.4. The maximum atomic E-state index is 12.7. The molecule has 140 valence electrons. The second-order valence-corrected chi connectivity index (χ2v) is 6.73. The number of aromatic nitrogens is 2. The minimum absolute atomic E-state index is 0.0149. The van der Waals surface area contributed by atoms with Crippen molar-refractivity contribution in [1.29, 1.82) is 0 Å². The van der Waals surface area contributed by atoms with Gasteiger partial charge in [-0.2, -0.15) is 0 Å².